The zero-order chi connectivity index (χ0) is 32.8. The number of para-hydroxylation sites is 2. The minimum atomic E-state index is -0.515. The number of fused-ring (bicyclic) bond motifs is 3. The van der Waals surface area contributed by atoms with E-state index in [1.165, 1.54) is 36.9 Å². The van der Waals surface area contributed by atoms with Crippen LogP contribution in [0.15, 0.2) is 108 Å². The van der Waals surface area contributed by atoms with Crippen LogP contribution in [0.3, 0.4) is 0 Å². The largest absolute Gasteiger partial charge is 0.493 e. The Balaban J connectivity index is 1.18. The zero-order valence-electron chi connectivity index (χ0n) is 26.2. The number of carbonyl (C=O) groups excluding carboxylic acids is 3. The van der Waals surface area contributed by atoms with Crippen molar-refractivity contribution in [1.82, 2.24) is 9.88 Å². The molecule has 0 fully saturated rings. The molecule has 1 aromatic heterocycles. The van der Waals surface area contributed by atoms with Gasteiger partial charge in [-0.3, -0.25) is 19.0 Å². The lowest BCUT2D eigenvalue weighted by Gasteiger charge is -2.15. The molecule has 2 N–H and O–H groups in total. The minimum absolute atomic E-state index is 0.0248. The molecule has 9 heteroatoms. The van der Waals surface area contributed by atoms with Gasteiger partial charge in [0.05, 0.1) is 25.5 Å². The van der Waals surface area contributed by atoms with Gasteiger partial charge in [-0.05, 0) is 85.9 Å². The highest BCUT2D eigenvalue weighted by molar-refractivity contribution is 8.00. The fourth-order valence-corrected chi connectivity index (χ4v) is 6.69. The molecule has 4 aromatic carbocycles. The molecule has 0 saturated heterocycles. The first-order chi connectivity index (χ1) is 23.0. The van der Waals surface area contributed by atoms with Gasteiger partial charge in [-0.1, -0.05) is 48.5 Å². The number of rotatable bonds is 10. The van der Waals surface area contributed by atoms with Crippen molar-refractivity contribution in [3.05, 3.63) is 125 Å². The Kier molecular flexibility index (Phi) is 9.73. The van der Waals surface area contributed by atoms with Crippen molar-refractivity contribution >= 4 is 52.1 Å². The van der Waals surface area contributed by atoms with Gasteiger partial charge in [0.2, 0.25) is 5.91 Å². The lowest BCUT2D eigenvalue weighted by Crippen LogP contribution is -2.30. The number of hydrogen-bond donors (Lipinski definition) is 2. The number of thioether (sulfide) groups is 1. The summed E-state index contributed by atoms with van der Waals surface area (Å²) in [5.41, 5.74) is 4.97. The fraction of sp³-hybridized carbons (Fsp3) is 0.184. The third-order valence-corrected chi connectivity index (χ3v) is 9.16. The van der Waals surface area contributed by atoms with E-state index in [0.29, 0.717) is 28.3 Å². The Morgan fingerprint density at radius 1 is 0.830 bits per heavy atom. The van der Waals surface area contributed by atoms with Crippen molar-refractivity contribution in [2.45, 2.75) is 30.6 Å². The molecule has 0 radical (unpaired) electrons. The number of aryl methyl sites for hydroxylation is 1. The summed E-state index contributed by atoms with van der Waals surface area (Å²) in [5, 5.41) is 6.81. The number of anilines is 1. The molecule has 0 bridgehead atoms. The number of ether oxygens (including phenoxy) is 2. The molecular formula is C38H35N3O5S. The molecular weight excluding hydrogens is 611 g/mol. The molecule has 0 saturated carbocycles. The third kappa shape index (κ3) is 6.95. The number of hydrogen-bond acceptors (Lipinski definition) is 6. The molecule has 0 atom stereocenters. The molecule has 6 rings (SSSR count). The van der Waals surface area contributed by atoms with Crippen LogP contribution in [0.5, 0.6) is 11.5 Å². The van der Waals surface area contributed by atoms with E-state index in [9.17, 15) is 14.4 Å². The van der Waals surface area contributed by atoms with E-state index in [1.807, 2.05) is 41.0 Å². The summed E-state index contributed by atoms with van der Waals surface area (Å²) >= 11 is 1.46. The Hall–Kier alpha value is -5.28. The summed E-state index contributed by atoms with van der Waals surface area (Å²) in [6.07, 6.45) is 5.73. The van der Waals surface area contributed by atoms with Crippen LogP contribution in [-0.4, -0.2) is 42.3 Å². The Morgan fingerprint density at radius 2 is 1.57 bits per heavy atom. The standard InChI is InChI=1S/C38H35N3O5S/c1-45-34-18-10-13-26(36(34)46-2)23-31(40-37(43)25-11-4-3-5-12-25)38(44)39-27-19-21-28(22-20-27)47-24-35(42)41-32-16-8-6-14-29(32)30-15-7-9-17-33(30)41/h3-6,8,10-14,16,18-23H,7,9,15,17,24H2,1-2H3,(H,39,44)(H,40,43)/b31-23-. The first-order valence-electron chi connectivity index (χ1n) is 15.4. The SMILES string of the molecule is COc1cccc(/C=C(\NC(=O)c2ccccc2)C(=O)Nc2ccc(SCC(=O)n3c4c(c5ccccc53)CCCC4)cc2)c1OC. The predicted molar refractivity (Wildman–Crippen MR) is 186 cm³/mol. The van der Waals surface area contributed by atoms with Crippen LogP contribution in [0, 0.1) is 0 Å². The summed E-state index contributed by atoms with van der Waals surface area (Å²) in [6, 6.07) is 29.4. The molecule has 0 aliphatic heterocycles. The number of aromatic nitrogens is 1. The topological polar surface area (TPSA) is 98.7 Å². The highest BCUT2D eigenvalue weighted by atomic mass is 32.2. The van der Waals surface area contributed by atoms with Crippen LogP contribution in [0.2, 0.25) is 0 Å². The van der Waals surface area contributed by atoms with Crippen molar-refractivity contribution in [3.63, 3.8) is 0 Å². The fourth-order valence-electron chi connectivity index (χ4n) is 5.95. The van der Waals surface area contributed by atoms with Crippen LogP contribution in [0.4, 0.5) is 5.69 Å². The minimum Gasteiger partial charge on any atom is -0.493 e. The average Bonchev–Trinajstić information content (AvgIpc) is 3.45. The normalized spacial score (nSPS) is 12.7. The van der Waals surface area contributed by atoms with E-state index in [4.69, 9.17) is 9.47 Å². The molecule has 1 aliphatic rings. The van der Waals surface area contributed by atoms with Gasteiger partial charge in [-0.15, -0.1) is 11.8 Å². The highest BCUT2D eigenvalue weighted by Crippen LogP contribution is 2.34. The summed E-state index contributed by atoms with van der Waals surface area (Å²) in [7, 11) is 3.04. The average molecular weight is 646 g/mol. The molecule has 0 spiro atoms. The van der Waals surface area contributed by atoms with Crippen LogP contribution in [0.25, 0.3) is 17.0 Å². The van der Waals surface area contributed by atoms with Gasteiger partial charge in [0.25, 0.3) is 11.8 Å². The number of methoxy groups -OCH3 is 2. The third-order valence-electron chi connectivity index (χ3n) is 8.16. The van der Waals surface area contributed by atoms with E-state index in [0.717, 1.165) is 41.8 Å². The van der Waals surface area contributed by atoms with Crippen LogP contribution >= 0.6 is 11.8 Å². The molecule has 1 aliphatic carbocycles. The Morgan fingerprint density at radius 3 is 2.34 bits per heavy atom. The summed E-state index contributed by atoms with van der Waals surface area (Å²) in [5.74, 6) is 0.326. The predicted octanol–water partition coefficient (Wildman–Crippen LogP) is 7.38. The molecule has 8 nitrogen and oxygen atoms in total. The van der Waals surface area contributed by atoms with E-state index < -0.39 is 11.8 Å². The van der Waals surface area contributed by atoms with Gasteiger partial charge in [-0.25, -0.2) is 0 Å². The number of benzene rings is 4. The molecule has 1 heterocycles. The maximum absolute atomic E-state index is 13.6. The second-order valence-electron chi connectivity index (χ2n) is 11.1. The number of carbonyl (C=O) groups is 3. The highest BCUT2D eigenvalue weighted by Gasteiger charge is 2.23. The maximum atomic E-state index is 13.6. The maximum Gasteiger partial charge on any atom is 0.272 e. The van der Waals surface area contributed by atoms with Gasteiger partial charge in [0.1, 0.15) is 5.70 Å². The van der Waals surface area contributed by atoms with E-state index >= 15 is 0 Å². The van der Waals surface area contributed by atoms with Crippen LogP contribution in [0.1, 0.15) is 44.8 Å². The van der Waals surface area contributed by atoms with Gasteiger partial charge >= 0.3 is 0 Å². The lowest BCUT2D eigenvalue weighted by molar-refractivity contribution is -0.113. The van der Waals surface area contributed by atoms with Crippen molar-refractivity contribution < 1.29 is 23.9 Å². The van der Waals surface area contributed by atoms with E-state index in [-0.39, 0.29) is 17.4 Å². The van der Waals surface area contributed by atoms with Crippen molar-refractivity contribution in [2.24, 2.45) is 0 Å². The van der Waals surface area contributed by atoms with Crippen molar-refractivity contribution in [1.29, 1.82) is 0 Å². The van der Waals surface area contributed by atoms with E-state index in [2.05, 4.69) is 16.7 Å². The first-order valence-corrected chi connectivity index (χ1v) is 16.4. The lowest BCUT2D eigenvalue weighted by atomic mass is 9.96. The smallest absolute Gasteiger partial charge is 0.272 e. The van der Waals surface area contributed by atoms with Gasteiger partial charge < -0.3 is 20.1 Å². The molecule has 47 heavy (non-hydrogen) atoms. The molecule has 5 aromatic rings. The second kappa shape index (κ2) is 14.4. The Labute approximate surface area is 277 Å². The summed E-state index contributed by atoms with van der Waals surface area (Å²) in [6.45, 7) is 0. The van der Waals surface area contributed by atoms with E-state index in [1.54, 1.807) is 60.7 Å². The number of nitrogens with one attached hydrogen (secondary N) is 2. The molecule has 2 amide bonds. The monoisotopic (exact) mass is 645 g/mol. The summed E-state index contributed by atoms with van der Waals surface area (Å²) < 4.78 is 12.9. The van der Waals surface area contributed by atoms with Gasteiger partial charge in [0, 0.05) is 32.8 Å². The Bertz CT molecular complexity index is 1970. The van der Waals surface area contributed by atoms with Gasteiger partial charge in [-0.2, -0.15) is 0 Å². The first kappa shape index (κ1) is 31.7. The van der Waals surface area contributed by atoms with Crippen LogP contribution in [-0.2, 0) is 17.6 Å². The molecule has 238 valence electrons. The van der Waals surface area contributed by atoms with Gasteiger partial charge in [0.15, 0.2) is 11.5 Å². The molecule has 0 unspecified atom stereocenters. The van der Waals surface area contributed by atoms with Crippen LogP contribution < -0.4 is 20.1 Å². The van der Waals surface area contributed by atoms with Crippen molar-refractivity contribution in [3.8, 4) is 11.5 Å². The van der Waals surface area contributed by atoms with Crippen molar-refractivity contribution in [2.75, 3.05) is 25.3 Å². The zero-order valence-corrected chi connectivity index (χ0v) is 27.1. The quantitative estimate of drug-likeness (QED) is 0.122. The number of nitrogens with zero attached hydrogens (tertiary/aromatic N) is 1. The second-order valence-corrected chi connectivity index (χ2v) is 12.2. The summed E-state index contributed by atoms with van der Waals surface area (Å²) in [4.78, 5) is 41.0. The number of amides is 2.